The second-order valence-corrected chi connectivity index (χ2v) is 4.57. The van der Waals surface area contributed by atoms with Crippen LogP contribution in [0.2, 0.25) is 0 Å². The largest absolute Gasteiger partial charge is 0.488 e. The molecule has 0 aromatic heterocycles. The van der Waals surface area contributed by atoms with Crippen LogP contribution in [0.15, 0.2) is 24.3 Å². The maximum atomic E-state index is 10.5. The van der Waals surface area contributed by atoms with Crippen molar-refractivity contribution in [2.75, 3.05) is 0 Å². The Balaban J connectivity index is 2.57. The van der Waals surface area contributed by atoms with E-state index in [4.69, 9.17) is 9.84 Å². The predicted octanol–water partition coefficient (Wildman–Crippen LogP) is 3.02. The van der Waals surface area contributed by atoms with Crippen molar-refractivity contribution < 1.29 is 14.6 Å². The molecule has 3 nitrogen and oxygen atoms in total. The molecule has 0 radical (unpaired) electrons. The van der Waals surface area contributed by atoms with Gasteiger partial charge in [-0.05, 0) is 39.3 Å². The Bertz CT molecular complexity index is 352. The molecule has 0 bridgehead atoms. The van der Waals surface area contributed by atoms with Crippen LogP contribution in [0.1, 0.15) is 32.3 Å². The van der Waals surface area contributed by atoms with Crippen LogP contribution in [0, 0.1) is 6.92 Å². The number of ether oxygens (including phenoxy) is 1. The number of benzene rings is 1. The summed E-state index contributed by atoms with van der Waals surface area (Å²) in [5, 5.41) is 8.62. The summed E-state index contributed by atoms with van der Waals surface area (Å²) < 4.78 is 5.74. The van der Waals surface area contributed by atoms with Gasteiger partial charge in [0.25, 0.3) is 0 Å². The molecule has 0 amide bonds. The van der Waals surface area contributed by atoms with Crippen molar-refractivity contribution in [2.24, 2.45) is 0 Å². The Morgan fingerprint density at radius 2 is 1.88 bits per heavy atom. The Morgan fingerprint density at radius 3 is 2.38 bits per heavy atom. The van der Waals surface area contributed by atoms with Gasteiger partial charge in [0.15, 0.2) is 0 Å². The first-order valence-corrected chi connectivity index (χ1v) is 5.36. The second kappa shape index (κ2) is 5.01. The summed E-state index contributed by atoms with van der Waals surface area (Å²) in [6.07, 6.45) is 0.620. The first kappa shape index (κ1) is 12.6. The van der Waals surface area contributed by atoms with E-state index in [0.717, 1.165) is 5.75 Å². The van der Waals surface area contributed by atoms with Gasteiger partial charge in [-0.1, -0.05) is 17.7 Å². The maximum Gasteiger partial charge on any atom is 0.303 e. The molecule has 1 rings (SSSR count). The third-order valence-corrected chi connectivity index (χ3v) is 2.36. The van der Waals surface area contributed by atoms with E-state index in [1.54, 1.807) is 0 Å². The highest BCUT2D eigenvalue weighted by Crippen LogP contribution is 2.22. The number of aliphatic carboxylic acids is 1. The summed E-state index contributed by atoms with van der Waals surface area (Å²) in [5.74, 6) is -0.0124. The van der Waals surface area contributed by atoms with E-state index in [0.29, 0.717) is 6.42 Å². The van der Waals surface area contributed by atoms with E-state index in [1.165, 1.54) is 5.56 Å². The fourth-order valence-corrected chi connectivity index (χ4v) is 1.38. The van der Waals surface area contributed by atoms with Gasteiger partial charge >= 0.3 is 5.97 Å². The minimum Gasteiger partial charge on any atom is -0.488 e. The summed E-state index contributed by atoms with van der Waals surface area (Å²) in [5.41, 5.74) is 0.726. The highest BCUT2D eigenvalue weighted by molar-refractivity contribution is 5.66. The van der Waals surface area contributed by atoms with Crippen molar-refractivity contribution in [1.29, 1.82) is 0 Å². The number of carbonyl (C=O) groups is 1. The molecule has 1 aromatic carbocycles. The minimum absolute atomic E-state index is 0.124. The van der Waals surface area contributed by atoms with E-state index in [2.05, 4.69) is 0 Å². The topological polar surface area (TPSA) is 46.5 Å². The Kier molecular flexibility index (Phi) is 3.93. The predicted molar refractivity (Wildman–Crippen MR) is 62.8 cm³/mol. The number of carboxylic acid groups (broad SMARTS) is 1. The third-order valence-electron chi connectivity index (χ3n) is 2.36. The average Bonchev–Trinajstić information content (AvgIpc) is 2.19. The molecule has 0 aliphatic heterocycles. The van der Waals surface area contributed by atoms with Gasteiger partial charge in [-0.2, -0.15) is 0 Å². The van der Waals surface area contributed by atoms with Gasteiger partial charge in [-0.25, -0.2) is 0 Å². The fraction of sp³-hybridized carbons (Fsp3) is 0.462. The van der Waals surface area contributed by atoms with Crippen LogP contribution in [0.5, 0.6) is 5.75 Å². The van der Waals surface area contributed by atoms with Crippen molar-refractivity contribution in [3.63, 3.8) is 0 Å². The first-order valence-electron chi connectivity index (χ1n) is 5.36. The lowest BCUT2D eigenvalue weighted by Gasteiger charge is -2.25. The van der Waals surface area contributed by atoms with Gasteiger partial charge in [0.2, 0.25) is 0 Å². The summed E-state index contributed by atoms with van der Waals surface area (Å²) >= 11 is 0. The lowest BCUT2D eigenvalue weighted by molar-refractivity contribution is -0.138. The van der Waals surface area contributed by atoms with Gasteiger partial charge in [-0.15, -0.1) is 0 Å². The molecule has 0 heterocycles. The lowest BCUT2D eigenvalue weighted by Crippen LogP contribution is -2.28. The summed E-state index contributed by atoms with van der Waals surface area (Å²) in [6, 6.07) is 7.75. The minimum atomic E-state index is -0.791. The first-order chi connectivity index (χ1) is 7.39. The summed E-state index contributed by atoms with van der Waals surface area (Å²) in [7, 11) is 0. The van der Waals surface area contributed by atoms with Crippen molar-refractivity contribution in [3.05, 3.63) is 29.8 Å². The van der Waals surface area contributed by atoms with Gasteiger partial charge in [0, 0.05) is 6.42 Å². The zero-order chi connectivity index (χ0) is 12.2. The van der Waals surface area contributed by atoms with Crippen molar-refractivity contribution >= 4 is 5.97 Å². The molecule has 0 atom stereocenters. The van der Waals surface area contributed by atoms with Gasteiger partial charge in [0.05, 0.1) is 0 Å². The Labute approximate surface area is 96.1 Å². The Morgan fingerprint density at radius 1 is 1.31 bits per heavy atom. The zero-order valence-corrected chi connectivity index (χ0v) is 9.99. The number of carboxylic acids is 1. The van der Waals surface area contributed by atoms with E-state index < -0.39 is 11.6 Å². The molecular weight excluding hydrogens is 204 g/mol. The van der Waals surface area contributed by atoms with Crippen molar-refractivity contribution in [2.45, 2.75) is 39.2 Å². The molecule has 0 aliphatic rings. The van der Waals surface area contributed by atoms with E-state index in [1.807, 2.05) is 45.0 Å². The van der Waals surface area contributed by atoms with Gasteiger partial charge in [-0.3, -0.25) is 4.79 Å². The van der Waals surface area contributed by atoms with Crippen molar-refractivity contribution in [1.82, 2.24) is 0 Å². The average molecular weight is 222 g/mol. The maximum absolute atomic E-state index is 10.5. The molecular formula is C13H18O3. The third kappa shape index (κ3) is 4.34. The SMILES string of the molecule is Cc1ccc(OC(C)(C)CCC(=O)O)cc1. The summed E-state index contributed by atoms with van der Waals surface area (Å²) in [4.78, 5) is 10.5. The number of hydrogen-bond acceptors (Lipinski definition) is 2. The molecule has 16 heavy (non-hydrogen) atoms. The highest BCUT2D eigenvalue weighted by Gasteiger charge is 2.20. The molecule has 0 saturated heterocycles. The monoisotopic (exact) mass is 222 g/mol. The van der Waals surface area contributed by atoms with E-state index in [9.17, 15) is 4.79 Å². The van der Waals surface area contributed by atoms with Crippen molar-refractivity contribution in [3.8, 4) is 5.75 Å². The molecule has 0 fully saturated rings. The number of aryl methyl sites for hydroxylation is 1. The zero-order valence-electron chi connectivity index (χ0n) is 9.99. The molecule has 1 aromatic rings. The smallest absolute Gasteiger partial charge is 0.303 e. The molecule has 88 valence electrons. The number of hydrogen-bond donors (Lipinski definition) is 1. The van der Waals surface area contributed by atoms with Crippen LogP contribution >= 0.6 is 0 Å². The second-order valence-electron chi connectivity index (χ2n) is 4.57. The molecule has 3 heteroatoms. The molecule has 0 aliphatic carbocycles. The van der Waals surface area contributed by atoms with Crippen LogP contribution in [-0.4, -0.2) is 16.7 Å². The fourth-order valence-electron chi connectivity index (χ4n) is 1.38. The molecule has 0 saturated carbocycles. The molecule has 0 unspecified atom stereocenters. The van der Waals surface area contributed by atoms with Crippen LogP contribution in [0.3, 0.4) is 0 Å². The standard InChI is InChI=1S/C13H18O3/c1-10-4-6-11(7-5-10)16-13(2,3)9-8-12(14)15/h4-7H,8-9H2,1-3H3,(H,14,15). The van der Waals surface area contributed by atoms with E-state index >= 15 is 0 Å². The quantitative estimate of drug-likeness (QED) is 0.833. The molecule has 0 spiro atoms. The Hall–Kier alpha value is -1.51. The molecule has 1 N–H and O–H groups in total. The normalized spacial score (nSPS) is 11.2. The van der Waals surface area contributed by atoms with E-state index in [-0.39, 0.29) is 6.42 Å². The van der Waals surface area contributed by atoms with Crippen LogP contribution in [0.4, 0.5) is 0 Å². The summed E-state index contributed by atoms with van der Waals surface area (Å²) in [6.45, 7) is 5.81. The van der Waals surface area contributed by atoms with Crippen LogP contribution < -0.4 is 4.74 Å². The van der Waals surface area contributed by atoms with Gasteiger partial charge < -0.3 is 9.84 Å². The highest BCUT2D eigenvalue weighted by atomic mass is 16.5. The lowest BCUT2D eigenvalue weighted by atomic mass is 10.0. The van der Waals surface area contributed by atoms with Crippen LogP contribution in [-0.2, 0) is 4.79 Å². The number of rotatable bonds is 5. The van der Waals surface area contributed by atoms with Crippen LogP contribution in [0.25, 0.3) is 0 Å². The van der Waals surface area contributed by atoms with Gasteiger partial charge in [0.1, 0.15) is 11.4 Å².